The molecular weight excluding hydrogens is 475 g/mol. The molecule has 2 saturated heterocycles. The number of imide groups is 1. The summed E-state index contributed by atoms with van der Waals surface area (Å²) in [5.41, 5.74) is 1.04. The van der Waals surface area contributed by atoms with Gasteiger partial charge in [-0.3, -0.25) is 19.3 Å². The van der Waals surface area contributed by atoms with Crippen LogP contribution in [0.1, 0.15) is 18.1 Å². The quantitative estimate of drug-likeness (QED) is 0.511. The first-order valence-corrected chi connectivity index (χ1v) is 12.0. The molecule has 2 aromatic rings. The normalized spacial score (nSPS) is 17.3. The SMILES string of the molecule is CCOc1cc(/C=C2\SC(=O)N(CC(=O)N3CCOCC3)C2=O)ccc1OCc1ccccc1F. The van der Waals surface area contributed by atoms with Crippen LogP contribution in [0.2, 0.25) is 0 Å². The Bertz CT molecular complexity index is 1150. The maximum Gasteiger partial charge on any atom is 0.294 e. The van der Waals surface area contributed by atoms with E-state index in [1.54, 1.807) is 47.4 Å². The maximum absolute atomic E-state index is 13.9. The highest BCUT2D eigenvalue weighted by Gasteiger charge is 2.37. The molecule has 2 aliphatic rings. The molecular formula is C25H25FN2O6S. The average Bonchev–Trinajstić information content (AvgIpc) is 3.12. The van der Waals surface area contributed by atoms with Crippen LogP contribution in [0.15, 0.2) is 47.4 Å². The van der Waals surface area contributed by atoms with Gasteiger partial charge < -0.3 is 19.1 Å². The number of carbonyl (C=O) groups excluding carboxylic acids is 3. The molecule has 10 heteroatoms. The Morgan fingerprint density at radius 3 is 2.63 bits per heavy atom. The van der Waals surface area contributed by atoms with Gasteiger partial charge in [-0.15, -0.1) is 0 Å². The van der Waals surface area contributed by atoms with Crippen LogP contribution >= 0.6 is 11.8 Å². The zero-order chi connectivity index (χ0) is 24.8. The van der Waals surface area contributed by atoms with Gasteiger partial charge in [-0.05, 0) is 48.5 Å². The molecule has 184 valence electrons. The average molecular weight is 501 g/mol. The van der Waals surface area contributed by atoms with Gasteiger partial charge in [0, 0.05) is 18.7 Å². The van der Waals surface area contributed by atoms with Crippen molar-refractivity contribution in [2.45, 2.75) is 13.5 Å². The lowest BCUT2D eigenvalue weighted by Gasteiger charge is -2.28. The first kappa shape index (κ1) is 24.7. The molecule has 0 N–H and O–H groups in total. The fourth-order valence-electron chi connectivity index (χ4n) is 3.61. The van der Waals surface area contributed by atoms with Crippen molar-refractivity contribution in [3.05, 3.63) is 64.3 Å². The van der Waals surface area contributed by atoms with Gasteiger partial charge in [0.05, 0.1) is 24.7 Å². The predicted molar refractivity (Wildman–Crippen MR) is 128 cm³/mol. The van der Waals surface area contributed by atoms with Crippen LogP contribution < -0.4 is 9.47 Å². The first-order valence-electron chi connectivity index (χ1n) is 11.2. The second-order valence-corrected chi connectivity index (χ2v) is 8.77. The largest absolute Gasteiger partial charge is 0.490 e. The molecule has 0 saturated carbocycles. The van der Waals surface area contributed by atoms with Crippen molar-refractivity contribution in [1.82, 2.24) is 9.80 Å². The molecule has 0 radical (unpaired) electrons. The predicted octanol–water partition coefficient (Wildman–Crippen LogP) is 3.70. The minimum Gasteiger partial charge on any atom is -0.490 e. The van der Waals surface area contributed by atoms with Crippen molar-refractivity contribution in [1.29, 1.82) is 0 Å². The zero-order valence-corrected chi connectivity index (χ0v) is 20.0. The molecule has 2 heterocycles. The molecule has 0 spiro atoms. The van der Waals surface area contributed by atoms with Crippen molar-refractivity contribution in [3.63, 3.8) is 0 Å². The lowest BCUT2D eigenvalue weighted by Crippen LogP contribution is -2.46. The van der Waals surface area contributed by atoms with E-state index in [0.717, 1.165) is 16.7 Å². The number of benzene rings is 2. The highest BCUT2D eigenvalue weighted by Crippen LogP contribution is 2.35. The van der Waals surface area contributed by atoms with Crippen LogP contribution in [-0.2, 0) is 20.9 Å². The fourth-order valence-corrected chi connectivity index (χ4v) is 4.45. The van der Waals surface area contributed by atoms with E-state index in [4.69, 9.17) is 14.2 Å². The summed E-state index contributed by atoms with van der Waals surface area (Å²) in [5.74, 6) is -0.299. The van der Waals surface area contributed by atoms with E-state index < -0.39 is 11.1 Å². The van der Waals surface area contributed by atoms with Gasteiger partial charge in [-0.25, -0.2) is 4.39 Å². The first-order chi connectivity index (χ1) is 17.0. The van der Waals surface area contributed by atoms with E-state index >= 15 is 0 Å². The van der Waals surface area contributed by atoms with Crippen LogP contribution in [0.4, 0.5) is 9.18 Å². The van der Waals surface area contributed by atoms with Crippen molar-refractivity contribution in [2.75, 3.05) is 39.5 Å². The van der Waals surface area contributed by atoms with E-state index in [1.807, 2.05) is 6.92 Å². The molecule has 0 aromatic heterocycles. The van der Waals surface area contributed by atoms with E-state index in [0.29, 0.717) is 55.5 Å². The molecule has 4 rings (SSSR count). The van der Waals surface area contributed by atoms with Gasteiger partial charge >= 0.3 is 0 Å². The third kappa shape index (κ3) is 6.01. The Kier molecular flexibility index (Phi) is 8.04. The number of amides is 3. The molecule has 3 amide bonds. The van der Waals surface area contributed by atoms with Crippen molar-refractivity contribution >= 4 is 34.9 Å². The van der Waals surface area contributed by atoms with Crippen molar-refractivity contribution in [3.8, 4) is 11.5 Å². The van der Waals surface area contributed by atoms with Crippen LogP contribution in [-0.4, -0.2) is 66.3 Å². The number of hydrogen-bond acceptors (Lipinski definition) is 7. The number of nitrogens with zero attached hydrogens (tertiary/aromatic N) is 2. The molecule has 0 unspecified atom stereocenters. The van der Waals surface area contributed by atoms with Crippen LogP contribution in [0.3, 0.4) is 0 Å². The number of halogens is 1. The highest BCUT2D eigenvalue weighted by molar-refractivity contribution is 8.18. The van der Waals surface area contributed by atoms with E-state index in [1.165, 1.54) is 6.07 Å². The molecule has 0 atom stereocenters. The molecule has 0 bridgehead atoms. The molecule has 2 aromatic carbocycles. The van der Waals surface area contributed by atoms with Crippen molar-refractivity contribution < 1.29 is 33.0 Å². The van der Waals surface area contributed by atoms with Gasteiger partial charge in [0.2, 0.25) is 5.91 Å². The third-order valence-corrected chi connectivity index (χ3v) is 6.34. The zero-order valence-electron chi connectivity index (χ0n) is 19.2. The molecule has 0 aliphatic carbocycles. The summed E-state index contributed by atoms with van der Waals surface area (Å²) in [6.07, 6.45) is 1.58. The van der Waals surface area contributed by atoms with Crippen LogP contribution in [0, 0.1) is 5.82 Å². The summed E-state index contributed by atoms with van der Waals surface area (Å²) < 4.78 is 30.6. The summed E-state index contributed by atoms with van der Waals surface area (Å²) in [7, 11) is 0. The van der Waals surface area contributed by atoms with Crippen molar-refractivity contribution in [2.24, 2.45) is 0 Å². The Morgan fingerprint density at radius 2 is 1.89 bits per heavy atom. The number of rotatable bonds is 8. The third-order valence-electron chi connectivity index (χ3n) is 5.44. The molecule has 35 heavy (non-hydrogen) atoms. The Morgan fingerprint density at radius 1 is 1.11 bits per heavy atom. The Labute approximate surface area is 206 Å². The highest BCUT2D eigenvalue weighted by atomic mass is 32.2. The van der Waals surface area contributed by atoms with Gasteiger partial charge in [-0.2, -0.15) is 0 Å². The van der Waals surface area contributed by atoms with E-state index in [2.05, 4.69) is 0 Å². The van der Waals surface area contributed by atoms with Gasteiger partial charge in [0.15, 0.2) is 11.5 Å². The summed E-state index contributed by atoms with van der Waals surface area (Å²) in [6, 6.07) is 11.4. The van der Waals surface area contributed by atoms with Gasteiger partial charge in [-0.1, -0.05) is 24.3 Å². The van der Waals surface area contributed by atoms with Gasteiger partial charge in [0.25, 0.3) is 11.1 Å². The van der Waals surface area contributed by atoms with Crippen LogP contribution in [0.5, 0.6) is 11.5 Å². The monoisotopic (exact) mass is 500 g/mol. The Hall–Kier alpha value is -3.37. The second-order valence-electron chi connectivity index (χ2n) is 7.78. The number of ether oxygens (including phenoxy) is 3. The number of thioether (sulfide) groups is 1. The maximum atomic E-state index is 13.9. The molecule has 2 aliphatic heterocycles. The van der Waals surface area contributed by atoms with Crippen LogP contribution in [0.25, 0.3) is 6.08 Å². The number of morpholine rings is 1. The molecule has 8 nitrogen and oxygen atoms in total. The van der Waals surface area contributed by atoms with Gasteiger partial charge in [0.1, 0.15) is 19.0 Å². The minimum absolute atomic E-state index is 0.0299. The minimum atomic E-state index is -0.514. The summed E-state index contributed by atoms with van der Waals surface area (Å²) in [4.78, 5) is 40.5. The topological polar surface area (TPSA) is 85.4 Å². The van der Waals surface area contributed by atoms with E-state index in [9.17, 15) is 18.8 Å². The Balaban J connectivity index is 1.46. The smallest absolute Gasteiger partial charge is 0.294 e. The summed E-state index contributed by atoms with van der Waals surface area (Å²) in [5, 5.41) is -0.488. The number of carbonyl (C=O) groups is 3. The molecule has 2 fully saturated rings. The number of hydrogen-bond donors (Lipinski definition) is 0. The lowest BCUT2D eigenvalue weighted by molar-refractivity contribution is -0.139. The standard InChI is InChI=1S/C25H25FN2O6S/c1-2-33-21-13-17(7-8-20(21)34-16-18-5-3-4-6-19(18)26)14-22-24(30)28(25(31)35-22)15-23(29)27-9-11-32-12-10-27/h3-8,13-14H,2,9-12,15-16H2,1H3/b22-14-. The summed E-state index contributed by atoms with van der Waals surface area (Å²) in [6.45, 7) is 3.69. The summed E-state index contributed by atoms with van der Waals surface area (Å²) >= 11 is 0.787. The second kappa shape index (κ2) is 11.4. The lowest BCUT2D eigenvalue weighted by atomic mass is 10.1. The van der Waals surface area contributed by atoms with E-state index in [-0.39, 0.29) is 29.8 Å². The fraction of sp³-hybridized carbons (Fsp3) is 0.320.